The quantitative estimate of drug-likeness (QED) is 0.663. The molecule has 0 aliphatic heterocycles. The number of esters is 1. The Morgan fingerprint density at radius 1 is 1.04 bits per heavy atom. The van der Waals surface area contributed by atoms with E-state index in [-0.39, 0.29) is 4.90 Å². The van der Waals surface area contributed by atoms with Gasteiger partial charge < -0.3 is 9.30 Å². The van der Waals surface area contributed by atoms with Gasteiger partial charge in [0.15, 0.2) is 0 Å². The summed E-state index contributed by atoms with van der Waals surface area (Å²) >= 11 is 0. The van der Waals surface area contributed by atoms with Crippen molar-refractivity contribution in [2.45, 2.75) is 24.8 Å². The van der Waals surface area contributed by atoms with Gasteiger partial charge in [-0.15, -0.1) is 0 Å². The summed E-state index contributed by atoms with van der Waals surface area (Å²) in [5.41, 5.74) is 1.87. The van der Waals surface area contributed by atoms with Gasteiger partial charge in [-0.25, -0.2) is 13.2 Å². The molecule has 3 aromatic rings. The Hall–Kier alpha value is -2.90. The van der Waals surface area contributed by atoms with E-state index >= 15 is 0 Å². The average Bonchev–Trinajstić information content (AvgIpc) is 3.11. The molecule has 6 nitrogen and oxygen atoms in total. The average molecular weight is 384 g/mol. The molecule has 1 aromatic heterocycles. The van der Waals surface area contributed by atoms with Gasteiger partial charge >= 0.3 is 5.97 Å². The van der Waals surface area contributed by atoms with Crippen molar-refractivity contribution in [2.75, 3.05) is 0 Å². The topological polar surface area (TPSA) is 77.4 Å². The lowest BCUT2D eigenvalue weighted by Crippen LogP contribution is -2.40. The van der Waals surface area contributed by atoms with Crippen molar-refractivity contribution in [3.8, 4) is 11.4 Å². The van der Waals surface area contributed by atoms with Gasteiger partial charge in [-0.05, 0) is 44.2 Å². The van der Waals surface area contributed by atoms with Crippen LogP contribution in [0.25, 0.3) is 5.69 Å². The standard InChI is InChI=1S/C20H20N2O4S/c1-15-8-10-19(11-9-15)27(24,25)21-16(2)20(23)26-18-12-13-22(14-18)17-6-4-3-5-7-17/h3-14,16,21H,1-2H3/t16-/m1/s1. The summed E-state index contributed by atoms with van der Waals surface area (Å²) < 4.78 is 34.2. The van der Waals surface area contributed by atoms with E-state index in [9.17, 15) is 13.2 Å². The van der Waals surface area contributed by atoms with E-state index in [1.165, 1.54) is 19.1 Å². The van der Waals surface area contributed by atoms with Gasteiger partial charge in [0.05, 0.1) is 11.1 Å². The van der Waals surface area contributed by atoms with Crippen LogP contribution in [0.15, 0.2) is 78.0 Å². The molecule has 0 saturated heterocycles. The molecule has 27 heavy (non-hydrogen) atoms. The van der Waals surface area contributed by atoms with Crippen LogP contribution in [0.4, 0.5) is 0 Å². The first-order valence-corrected chi connectivity index (χ1v) is 9.87. The molecule has 0 spiro atoms. The minimum absolute atomic E-state index is 0.1000. The van der Waals surface area contributed by atoms with E-state index in [0.29, 0.717) is 5.75 Å². The number of nitrogens with zero attached hydrogens (tertiary/aromatic N) is 1. The van der Waals surface area contributed by atoms with E-state index in [1.54, 1.807) is 30.6 Å². The summed E-state index contributed by atoms with van der Waals surface area (Å²) in [6.07, 6.45) is 3.42. The second-order valence-electron chi connectivity index (χ2n) is 6.17. The Balaban J connectivity index is 1.66. The van der Waals surface area contributed by atoms with E-state index in [1.807, 2.05) is 41.8 Å². The van der Waals surface area contributed by atoms with Gasteiger partial charge in [-0.1, -0.05) is 35.9 Å². The lowest BCUT2D eigenvalue weighted by molar-refractivity contribution is -0.135. The molecule has 1 atom stereocenters. The lowest BCUT2D eigenvalue weighted by Gasteiger charge is -2.13. The summed E-state index contributed by atoms with van der Waals surface area (Å²) in [6, 6.07) is 16.6. The molecule has 140 valence electrons. The fraction of sp³-hybridized carbons (Fsp3) is 0.150. The molecule has 1 heterocycles. The minimum atomic E-state index is -3.81. The number of sulfonamides is 1. The Kier molecular flexibility index (Phi) is 5.43. The number of nitrogens with one attached hydrogen (secondary N) is 1. The number of para-hydroxylation sites is 1. The van der Waals surface area contributed by atoms with E-state index in [0.717, 1.165) is 11.3 Å². The number of ether oxygens (including phenoxy) is 1. The third-order valence-electron chi connectivity index (χ3n) is 3.96. The summed E-state index contributed by atoms with van der Waals surface area (Å²) in [6.45, 7) is 3.31. The highest BCUT2D eigenvalue weighted by atomic mass is 32.2. The zero-order valence-corrected chi connectivity index (χ0v) is 15.8. The first kappa shape index (κ1) is 18.9. The van der Waals surface area contributed by atoms with Gasteiger partial charge in [0, 0.05) is 11.9 Å². The molecule has 0 saturated carbocycles. The third-order valence-corrected chi connectivity index (χ3v) is 5.51. The highest BCUT2D eigenvalue weighted by Gasteiger charge is 2.23. The highest BCUT2D eigenvalue weighted by Crippen LogP contribution is 2.17. The van der Waals surface area contributed by atoms with Crippen LogP contribution in [0.5, 0.6) is 5.75 Å². The van der Waals surface area contributed by atoms with Crippen molar-refractivity contribution >= 4 is 16.0 Å². The molecule has 0 fully saturated rings. The zero-order chi connectivity index (χ0) is 19.4. The van der Waals surface area contributed by atoms with E-state index in [4.69, 9.17) is 4.74 Å². The number of carbonyl (C=O) groups is 1. The van der Waals surface area contributed by atoms with E-state index in [2.05, 4.69) is 4.72 Å². The zero-order valence-electron chi connectivity index (χ0n) is 15.0. The second kappa shape index (κ2) is 7.77. The highest BCUT2D eigenvalue weighted by molar-refractivity contribution is 7.89. The number of aryl methyl sites for hydroxylation is 1. The van der Waals surface area contributed by atoms with Gasteiger partial charge in [0.1, 0.15) is 11.8 Å². The number of hydrogen-bond donors (Lipinski definition) is 1. The Morgan fingerprint density at radius 3 is 2.37 bits per heavy atom. The largest absolute Gasteiger partial charge is 0.424 e. The Labute approximate surface area is 158 Å². The van der Waals surface area contributed by atoms with Crippen molar-refractivity contribution in [3.63, 3.8) is 0 Å². The second-order valence-corrected chi connectivity index (χ2v) is 7.88. The fourth-order valence-electron chi connectivity index (χ4n) is 2.47. The van der Waals surface area contributed by atoms with Crippen LogP contribution in [0.3, 0.4) is 0 Å². The van der Waals surface area contributed by atoms with Crippen LogP contribution in [-0.2, 0) is 14.8 Å². The van der Waals surface area contributed by atoms with Crippen LogP contribution in [0.2, 0.25) is 0 Å². The van der Waals surface area contributed by atoms with Crippen molar-refractivity contribution in [2.24, 2.45) is 0 Å². The summed E-state index contributed by atoms with van der Waals surface area (Å²) in [4.78, 5) is 12.4. The monoisotopic (exact) mass is 384 g/mol. The van der Waals surface area contributed by atoms with Crippen LogP contribution in [0.1, 0.15) is 12.5 Å². The van der Waals surface area contributed by atoms with Crippen LogP contribution in [0, 0.1) is 6.92 Å². The number of rotatable bonds is 6. The number of benzene rings is 2. The lowest BCUT2D eigenvalue weighted by atomic mass is 10.2. The molecule has 2 aromatic carbocycles. The normalized spacial score (nSPS) is 12.5. The minimum Gasteiger partial charge on any atom is -0.424 e. The van der Waals surface area contributed by atoms with Crippen molar-refractivity contribution in [3.05, 3.63) is 78.6 Å². The van der Waals surface area contributed by atoms with Gasteiger partial charge in [0.2, 0.25) is 10.0 Å². The number of carbonyl (C=O) groups excluding carboxylic acids is 1. The Morgan fingerprint density at radius 2 is 1.70 bits per heavy atom. The van der Waals surface area contributed by atoms with E-state index < -0.39 is 22.0 Å². The molecule has 0 amide bonds. The third kappa shape index (κ3) is 4.64. The molecule has 1 N–H and O–H groups in total. The van der Waals surface area contributed by atoms with Crippen molar-refractivity contribution in [1.82, 2.24) is 9.29 Å². The van der Waals surface area contributed by atoms with Crippen molar-refractivity contribution < 1.29 is 17.9 Å². The first-order valence-electron chi connectivity index (χ1n) is 8.39. The maximum absolute atomic E-state index is 12.4. The molecule has 3 rings (SSSR count). The molecule has 7 heteroatoms. The number of hydrogen-bond acceptors (Lipinski definition) is 4. The molecule has 0 unspecified atom stereocenters. The van der Waals surface area contributed by atoms with Crippen LogP contribution < -0.4 is 9.46 Å². The predicted molar refractivity (Wildman–Crippen MR) is 102 cm³/mol. The van der Waals surface area contributed by atoms with Gasteiger partial charge in [0.25, 0.3) is 0 Å². The van der Waals surface area contributed by atoms with Crippen molar-refractivity contribution in [1.29, 1.82) is 0 Å². The number of aromatic nitrogens is 1. The van der Waals surface area contributed by atoms with Gasteiger partial charge in [-0.3, -0.25) is 0 Å². The SMILES string of the molecule is Cc1ccc(S(=O)(=O)N[C@H](C)C(=O)Oc2ccn(-c3ccccc3)c2)cc1. The predicted octanol–water partition coefficient (Wildman–Crippen LogP) is 3.06. The smallest absolute Gasteiger partial charge is 0.329 e. The fourth-order valence-corrected chi connectivity index (χ4v) is 3.66. The molecule has 0 radical (unpaired) electrons. The summed E-state index contributed by atoms with van der Waals surface area (Å²) in [5.74, 6) is -0.346. The maximum Gasteiger partial charge on any atom is 0.329 e. The Bertz CT molecular complexity index is 1030. The maximum atomic E-state index is 12.4. The molecular weight excluding hydrogens is 364 g/mol. The molecule has 0 aliphatic carbocycles. The first-order chi connectivity index (χ1) is 12.8. The molecular formula is C20H20N2O4S. The molecule has 0 aliphatic rings. The molecule has 0 bridgehead atoms. The van der Waals surface area contributed by atoms with Gasteiger partial charge in [-0.2, -0.15) is 4.72 Å². The van der Waals surface area contributed by atoms with Crippen LogP contribution >= 0.6 is 0 Å². The van der Waals surface area contributed by atoms with Crippen LogP contribution in [-0.4, -0.2) is 25.0 Å². The summed E-state index contributed by atoms with van der Waals surface area (Å²) in [5, 5.41) is 0. The summed E-state index contributed by atoms with van der Waals surface area (Å²) in [7, 11) is -3.81.